The summed E-state index contributed by atoms with van der Waals surface area (Å²) >= 11 is 0. The van der Waals surface area contributed by atoms with E-state index in [9.17, 15) is 4.79 Å². The lowest BCUT2D eigenvalue weighted by atomic mass is 9.99. The van der Waals surface area contributed by atoms with Crippen molar-refractivity contribution < 1.29 is 19.0 Å². The van der Waals surface area contributed by atoms with Crippen LogP contribution in [0, 0.1) is 5.92 Å². The zero-order chi connectivity index (χ0) is 21.7. The van der Waals surface area contributed by atoms with Gasteiger partial charge in [-0.05, 0) is 55.5 Å². The van der Waals surface area contributed by atoms with Gasteiger partial charge in [0.15, 0.2) is 11.5 Å². The van der Waals surface area contributed by atoms with E-state index in [-0.39, 0.29) is 11.9 Å². The molecule has 0 aliphatic carbocycles. The zero-order valence-electron chi connectivity index (χ0n) is 18.5. The summed E-state index contributed by atoms with van der Waals surface area (Å²) in [7, 11) is 4.61. The van der Waals surface area contributed by atoms with Crippen LogP contribution in [0.3, 0.4) is 0 Å². The van der Waals surface area contributed by atoms with Crippen LogP contribution in [0.2, 0.25) is 0 Å². The highest BCUT2D eigenvalue weighted by Gasteiger charge is 2.20. The Bertz CT molecular complexity index is 841. The van der Waals surface area contributed by atoms with Crippen LogP contribution in [-0.4, -0.2) is 40.3 Å². The first kappa shape index (κ1) is 21.8. The van der Waals surface area contributed by atoms with Crippen molar-refractivity contribution in [3.8, 4) is 17.2 Å². The van der Waals surface area contributed by atoms with Crippen LogP contribution in [0.1, 0.15) is 48.7 Å². The number of amides is 1. The molecule has 0 spiro atoms. The molecule has 2 aromatic carbocycles. The van der Waals surface area contributed by atoms with Crippen LogP contribution < -0.4 is 24.4 Å². The molecule has 0 bridgehead atoms. The van der Waals surface area contributed by atoms with Gasteiger partial charge in [0.25, 0.3) is 5.91 Å². The normalized spacial score (nSPS) is 17.2. The number of anilines is 1. The summed E-state index contributed by atoms with van der Waals surface area (Å²) in [5.74, 6) is 1.91. The predicted octanol–water partition coefficient (Wildman–Crippen LogP) is 4.44. The topological polar surface area (TPSA) is 60.0 Å². The molecule has 6 nitrogen and oxygen atoms in total. The van der Waals surface area contributed by atoms with Gasteiger partial charge >= 0.3 is 0 Å². The van der Waals surface area contributed by atoms with Crippen LogP contribution >= 0.6 is 0 Å². The number of hydrogen-bond donors (Lipinski definition) is 1. The fourth-order valence-electron chi connectivity index (χ4n) is 3.97. The SMILES string of the molecule is COc1cc(C(=O)N[C@@H](C)c2ccc(N3CCC[C@@H](C)C3)cc2)cc(OC)c1OC. The van der Waals surface area contributed by atoms with Crippen molar-refractivity contribution in [2.24, 2.45) is 5.92 Å². The molecule has 0 radical (unpaired) electrons. The Morgan fingerprint density at radius 3 is 2.23 bits per heavy atom. The third kappa shape index (κ3) is 4.81. The van der Waals surface area contributed by atoms with Gasteiger partial charge in [-0.2, -0.15) is 0 Å². The summed E-state index contributed by atoms with van der Waals surface area (Å²) in [5.41, 5.74) is 2.76. The molecule has 1 saturated heterocycles. The molecule has 1 aliphatic rings. The van der Waals surface area contributed by atoms with Gasteiger partial charge in [-0.3, -0.25) is 4.79 Å². The summed E-state index contributed by atoms with van der Waals surface area (Å²) in [6, 6.07) is 11.7. The number of carbonyl (C=O) groups excluding carboxylic acids is 1. The van der Waals surface area contributed by atoms with Gasteiger partial charge in [-0.1, -0.05) is 19.1 Å². The lowest BCUT2D eigenvalue weighted by molar-refractivity contribution is 0.0939. The first-order valence-electron chi connectivity index (χ1n) is 10.4. The van der Waals surface area contributed by atoms with E-state index in [0.29, 0.717) is 22.8 Å². The Morgan fingerprint density at radius 2 is 1.70 bits per heavy atom. The van der Waals surface area contributed by atoms with Crippen LogP contribution in [0.25, 0.3) is 0 Å². The van der Waals surface area contributed by atoms with E-state index in [4.69, 9.17) is 14.2 Å². The molecule has 3 rings (SSSR count). The quantitative estimate of drug-likeness (QED) is 0.729. The number of ether oxygens (including phenoxy) is 3. The van der Waals surface area contributed by atoms with Gasteiger partial charge in [-0.25, -0.2) is 0 Å². The highest BCUT2D eigenvalue weighted by molar-refractivity contribution is 5.95. The minimum atomic E-state index is -0.198. The molecule has 1 aliphatic heterocycles. The van der Waals surface area contributed by atoms with Gasteiger partial charge in [-0.15, -0.1) is 0 Å². The van der Waals surface area contributed by atoms with Crippen molar-refractivity contribution in [1.82, 2.24) is 5.32 Å². The molecule has 2 aromatic rings. The van der Waals surface area contributed by atoms with E-state index in [0.717, 1.165) is 24.6 Å². The molecule has 30 heavy (non-hydrogen) atoms. The third-order valence-electron chi connectivity index (χ3n) is 5.69. The van der Waals surface area contributed by atoms with Gasteiger partial charge < -0.3 is 24.4 Å². The van der Waals surface area contributed by atoms with Crippen LogP contribution in [0.4, 0.5) is 5.69 Å². The molecule has 6 heteroatoms. The second kappa shape index (κ2) is 9.74. The minimum absolute atomic E-state index is 0.133. The van der Waals surface area contributed by atoms with Crippen molar-refractivity contribution in [2.75, 3.05) is 39.3 Å². The highest BCUT2D eigenvalue weighted by atomic mass is 16.5. The lowest BCUT2D eigenvalue weighted by Crippen LogP contribution is -2.34. The van der Waals surface area contributed by atoms with Gasteiger partial charge in [0, 0.05) is 24.3 Å². The Labute approximate surface area is 179 Å². The maximum absolute atomic E-state index is 12.8. The molecule has 0 aromatic heterocycles. The second-order valence-electron chi connectivity index (χ2n) is 7.89. The second-order valence-corrected chi connectivity index (χ2v) is 7.89. The molecule has 162 valence electrons. The fraction of sp³-hybridized carbons (Fsp3) is 0.458. The van der Waals surface area contributed by atoms with Crippen molar-refractivity contribution >= 4 is 11.6 Å². The number of piperidine rings is 1. The largest absolute Gasteiger partial charge is 0.493 e. The van der Waals surface area contributed by atoms with E-state index in [1.54, 1.807) is 12.1 Å². The van der Waals surface area contributed by atoms with Gasteiger partial charge in [0.2, 0.25) is 5.75 Å². The Hall–Kier alpha value is -2.89. The summed E-state index contributed by atoms with van der Waals surface area (Å²) in [6.07, 6.45) is 2.54. The maximum atomic E-state index is 12.8. The van der Waals surface area contributed by atoms with E-state index < -0.39 is 0 Å². The number of carbonyl (C=O) groups is 1. The molecule has 1 amide bonds. The Balaban J connectivity index is 1.71. The molecule has 0 saturated carbocycles. The zero-order valence-corrected chi connectivity index (χ0v) is 18.5. The fourth-order valence-corrected chi connectivity index (χ4v) is 3.97. The summed E-state index contributed by atoms with van der Waals surface area (Å²) in [6.45, 7) is 6.50. The summed E-state index contributed by atoms with van der Waals surface area (Å²) < 4.78 is 16.0. The van der Waals surface area contributed by atoms with Crippen molar-refractivity contribution in [1.29, 1.82) is 0 Å². The number of methoxy groups -OCH3 is 3. The summed E-state index contributed by atoms with van der Waals surface area (Å²) in [4.78, 5) is 15.3. The number of rotatable bonds is 7. The van der Waals surface area contributed by atoms with Gasteiger partial charge in [0.1, 0.15) is 0 Å². The number of hydrogen-bond acceptors (Lipinski definition) is 5. The minimum Gasteiger partial charge on any atom is -0.493 e. The molecule has 2 atom stereocenters. The Morgan fingerprint density at radius 1 is 1.07 bits per heavy atom. The maximum Gasteiger partial charge on any atom is 0.252 e. The van der Waals surface area contributed by atoms with Crippen molar-refractivity contribution in [2.45, 2.75) is 32.7 Å². The van der Waals surface area contributed by atoms with Crippen LogP contribution in [0.5, 0.6) is 17.2 Å². The Kier molecular flexibility index (Phi) is 7.08. The average molecular weight is 413 g/mol. The van der Waals surface area contributed by atoms with E-state index in [1.165, 1.54) is 39.9 Å². The van der Waals surface area contributed by atoms with Crippen LogP contribution in [-0.2, 0) is 0 Å². The van der Waals surface area contributed by atoms with Crippen molar-refractivity contribution in [3.05, 3.63) is 47.5 Å². The molecule has 1 N–H and O–H groups in total. The number of nitrogens with one attached hydrogen (secondary N) is 1. The molecule has 1 fully saturated rings. The predicted molar refractivity (Wildman–Crippen MR) is 119 cm³/mol. The van der Waals surface area contributed by atoms with E-state index >= 15 is 0 Å². The first-order valence-corrected chi connectivity index (χ1v) is 10.4. The first-order chi connectivity index (χ1) is 14.5. The van der Waals surface area contributed by atoms with E-state index in [2.05, 4.69) is 41.4 Å². The van der Waals surface area contributed by atoms with Crippen molar-refractivity contribution in [3.63, 3.8) is 0 Å². The highest BCUT2D eigenvalue weighted by Crippen LogP contribution is 2.38. The summed E-state index contributed by atoms with van der Waals surface area (Å²) in [5, 5.41) is 3.05. The molecular formula is C24H32N2O4. The smallest absolute Gasteiger partial charge is 0.252 e. The molecular weight excluding hydrogens is 380 g/mol. The average Bonchev–Trinajstić information content (AvgIpc) is 2.77. The number of benzene rings is 2. The molecule has 0 unspecified atom stereocenters. The third-order valence-corrected chi connectivity index (χ3v) is 5.69. The number of nitrogens with zero attached hydrogens (tertiary/aromatic N) is 1. The molecule has 1 heterocycles. The monoisotopic (exact) mass is 412 g/mol. The van der Waals surface area contributed by atoms with E-state index in [1.807, 2.05) is 6.92 Å². The van der Waals surface area contributed by atoms with Gasteiger partial charge in [0.05, 0.1) is 27.4 Å². The lowest BCUT2D eigenvalue weighted by Gasteiger charge is -2.33. The standard InChI is InChI=1S/C24H32N2O4/c1-16-7-6-12-26(15-16)20-10-8-18(9-11-20)17(2)25-24(27)19-13-21(28-3)23(30-5)22(14-19)29-4/h8-11,13-14,16-17H,6-7,12,15H2,1-5H3,(H,25,27)/t16-,17+/m1/s1. The van der Waals surface area contributed by atoms with Crippen LogP contribution in [0.15, 0.2) is 36.4 Å².